The highest BCUT2D eigenvalue weighted by molar-refractivity contribution is 7.89. The van der Waals surface area contributed by atoms with E-state index in [1.807, 2.05) is 6.92 Å². The van der Waals surface area contributed by atoms with E-state index in [0.717, 1.165) is 11.1 Å². The van der Waals surface area contributed by atoms with Gasteiger partial charge >= 0.3 is 0 Å². The van der Waals surface area contributed by atoms with E-state index in [1.165, 1.54) is 15.1 Å². The van der Waals surface area contributed by atoms with Crippen molar-refractivity contribution in [3.63, 3.8) is 0 Å². The number of nitrogens with zero attached hydrogens (tertiary/aromatic N) is 4. The summed E-state index contributed by atoms with van der Waals surface area (Å²) >= 11 is 0. The van der Waals surface area contributed by atoms with Gasteiger partial charge in [-0.25, -0.2) is 8.42 Å². The predicted molar refractivity (Wildman–Crippen MR) is 85.6 cm³/mol. The lowest BCUT2D eigenvalue weighted by Gasteiger charge is -2.28. The van der Waals surface area contributed by atoms with E-state index < -0.39 is 10.0 Å². The second-order valence-corrected chi connectivity index (χ2v) is 7.68. The lowest BCUT2D eigenvalue weighted by Crippen LogP contribution is -2.37. The van der Waals surface area contributed by atoms with Gasteiger partial charge in [0.2, 0.25) is 10.0 Å². The van der Waals surface area contributed by atoms with Crippen LogP contribution in [0.4, 0.5) is 0 Å². The van der Waals surface area contributed by atoms with Gasteiger partial charge in [0.1, 0.15) is 4.90 Å². The molecule has 0 unspecified atom stereocenters. The van der Waals surface area contributed by atoms with Gasteiger partial charge in [0.15, 0.2) is 0 Å². The summed E-state index contributed by atoms with van der Waals surface area (Å²) in [6.45, 7) is 4.98. The zero-order chi connectivity index (χ0) is 16.8. The summed E-state index contributed by atoms with van der Waals surface area (Å²) < 4.78 is 30.4. The van der Waals surface area contributed by atoms with Gasteiger partial charge in [-0.05, 0) is 31.4 Å². The summed E-state index contributed by atoms with van der Waals surface area (Å²) in [5, 5.41) is 4.13. The summed E-state index contributed by atoms with van der Waals surface area (Å²) in [6, 6.07) is 1.60. The number of pyridine rings is 1. The van der Waals surface area contributed by atoms with Gasteiger partial charge in [0, 0.05) is 38.9 Å². The molecule has 3 rings (SSSR count). The molecule has 0 atom stereocenters. The number of fused-ring (bicyclic) bond motifs is 1. The van der Waals surface area contributed by atoms with Crippen molar-refractivity contribution >= 4 is 10.0 Å². The molecule has 2 aromatic rings. The smallest absolute Gasteiger partial charge is 0.250 e. The van der Waals surface area contributed by atoms with Crippen LogP contribution in [0.1, 0.15) is 23.7 Å². The minimum absolute atomic E-state index is 0.0693. The standard InChI is InChI=1S/C15H20N4O3S/c1-4-19-11(2)14(8-16-19)23(21,22)18-6-5-12-7-15(20)17(3)9-13(12)10-18/h7-9H,4-6,10H2,1-3H3. The largest absolute Gasteiger partial charge is 0.318 e. The average molecular weight is 336 g/mol. The molecule has 0 N–H and O–H groups in total. The molecule has 7 nitrogen and oxygen atoms in total. The van der Waals surface area contributed by atoms with E-state index in [2.05, 4.69) is 5.10 Å². The third kappa shape index (κ3) is 2.61. The Balaban J connectivity index is 1.97. The fraction of sp³-hybridized carbons (Fsp3) is 0.467. The maximum absolute atomic E-state index is 12.9. The van der Waals surface area contributed by atoms with Gasteiger partial charge in [-0.2, -0.15) is 9.40 Å². The van der Waals surface area contributed by atoms with E-state index in [9.17, 15) is 13.2 Å². The molecule has 1 aliphatic rings. The van der Waals surface area contributed by atoms with E-state index in [4.69, 9.17) is 0 Å². The van der Waals surface area contributed by atoms with Gasteiger partial charge in [-0.3, -0.25) is 9.48 Å². The van der Waals surface area contributed by atoms with Crippen molar-refractivity contribution in [3.05, 3.63) is 45.6 Å². The van der Waals surface area contributed by atoms with Gasteiger partial charge in [-0.15, -0.1) is 0 Å². The van der Waals surface area contributed by atoms with Crippen LogP contribution in [0.5, 0.6) is 0 Å². The Bertz CT molecular complexity index is 911. The van der Waals surface area contributed by atoms with E-state index in [-0.39, 0.29) is 17.0 Å². The molecule has 0 radical (unpaired) electrons. The zero-order valence-electron chi connectivity index (χ0n) is 13.5. The monoisotopic (exact) mass is 336 g/mol. The van der Waals surface area contributed by atoms with Crippen LogP contribution >= 0.6 is 0 Å². The first-order valence-corrected chi connectivity index (χ1v) is 8.99. The number of sulfonamides is 1. The van der Waals surface area contributed by atoms with Crippen molar-refractivity contribution in [2.45, 2.75) is 38.3 Å². The predicted octanol–water partition coefficient (Wildman–Crippen LogP) is 0.657. The highest BCUT2D eigenvalue weighted by Crippen LogP contribution is 2.25. The fourth-order valence-electron chi connectivity index (χ4n) is 2.96. The second kappa shape index (κ2) is 5.61. The number of aromatic nitrogens is 3. The highest BCUT2D eigenvalue weighted by atomic mass is 32.2. The highest BCUT2D eigenvalue weighted by Gasteiger charge is 2.31. The summed E-state index contributed by atoms with van der Waals surface area (Å²) in [5.41, 5.74) is 2.39. The molecule has 0 bridgehead atoms. The second-order valence-electron chi connectivity index (χ2n) is 5.77. The number of hydrogen-bond acceptors (Lipinski definition) is 4. The minimum atomic E-state index is -3.59. The Hall–Kier alpha value is -1.93. The van der Waals surface area contributed by atoms with Crippen molar-refractivity contribution in [1.29, 1.82) is 0 Å². The third-order valence-electron chi connectivity index (χ3n) is 4.36. The molecule has 0 saturated carbocycles. The number of hydrogen-bond donors (Lipinski definition) is 0. The zero-order valence-corrected chi connectivity index (χ0v) is 14.3. The molecule has 3 heterocycles. The SMILES string of the molecule is CCn1ncc(S(=O)(=O)N2CCc3cc(=O)n(C)cc3C2)c1C. The number of aryl methyl sites for hydroxylation is 2. The maximum Gasteiger partial charge on any atom is 0.250 e. The van der Waals surface area contributed by atoms with Crippen LogP contribution in [0.25, 0.3) is 0 Å². The van der Waals surface area contributed by atoms with Crippen molar-refractivity contribution < 1.29 is 8.42 Å². The topological polar surface area (TPSA) is 77.2 Å². The third-order valence-corrected chi connectivity index (χ3v) is 6.31. The van der Waals surface area contributed by atoms with Crippen molar-refractivity contribution in [1.82, 2.24) is 18.7 Å². The van der Waals surface area contributed by atoms with Crippen LogP contribution < -0.4 is 5.56 Å². The summed E-state index contributed by atoms with van der Waals surface area (Å²) in [7, 11) is -1.91. The fourth-order valence-corrected chi connectivity index (χ4v) is 4.54. The average Bonchev–Trinajstić information content (AvgIpc) is 2.89. The Morgan fingerprint density at radius 2 is 2.04 bits per heavy atom. The summed E-state index contributed by atoms with van der Waals surface area (Å²) in [5.74, 6) is 0. The van der Waals surface area contributed by atoms with Gasteiger partial charge in [0.05, 0.1) is 11.9 Å². The molecule has 1 aliphatic heterocycles. The first kappa shape index (κ1) is 15.9. The Labute approximate surface area is 135 Å². The first-order valence-electron chi connectivity index (χ1n) is 7.55. The molecular weight excluding hydrogens is 316 g/mol. The molecule has 8 heteroatoms. The lowest BCUT2D eigenvalue weighted by molar-refractivity contribution is 0.389. The van der Waals surface area contributed by atoms with Gasteiger partial charge < -0.3 is 4.57 Å². The molecular formula is C15H20N4O3S. The molecule has 0 aliphatic carbocycles. The first-order chi connectivity index (χ1) is 10.8. The van der Waals surface area contributed by atoms with Crippen molar-refractivity contribution in [3.8, 4) is 0 Å². The molecule has 0 fully saturated rings. The quantitative estimate of drug-likeness (QED) is 0.825. The van der Waals surface area contributed by atoms with Crippen LogP contribution in [0.3, 0.4) is 0 Å². The van der Waals surface area contributed by atoms with E-state index in [1.54, 1.807) is 30.9 Å². The molecule has 23 heavy (non-hydrogen) atoms. The van der Waals surface area contributed by atoms with Gasteiger partial charge in [-0.1, -0.05) is 0 Å². The molecule has 0 saturated heterocycles. The summed E-state index contributed by atoms with van der Waals surface area (Å²) in [6.07, 6.45) is 3.69. The molecule has 0 spiro atoms. The Morgan fingerprint density at radius 3 is 2.70 bits per heavy atom. The maximum atomic E-state index is 12.9. The van der Waals surface area contributed by atoms with E-state index in [0.29, 0.717) is 25.2 Å². The van der Waals surface area contributed by atoms with Crippen LogP contribution in [-0.2, 0) is 36.6 Å². The Kier molecular flexibility index (Phi) is 3.89. The van der Waals surface area contributed by atoms with Crippen LogP contribution in [0.2, 0.25) is 0 Å². The molecule has 0 aromatic carbocycles. The van der Waals surface area contributed by atoms with Crippen LogP contribution in [-0.4, -0.2) is 33.6 Å². The Morgan fingerprint density at radius 1 is 1.30 bits per heavy atom. The van der Waals surface area contributed by atoms with Crippen molar-refractivity contribution in [2.24, 2.45) is 7.05 Å². The van der Waals surface area contributed by atoms with E-state index >= 15 is 0 Å². The molecule has 124 valence electrons. The van der Waals surface area contributed by atoms with Crippen LogP contribution in [0.15, 0.2) is 28.2 Å². The normalized spacial score (nSPS) is 15.6. The van der Waals surface area contributed by atoms with Crippen molar-refractivity contribution in [2.75, 3.05) is 6.54 Å². The minimum Gasteiger partial charge on any atom is -0.318 e. The number of rotatable bonds is 3. The van der Waals surface area contributed by atoms with Gasteiger partial charge in [0.25, 0.3) is 5.56 Å². The lowest BCUT2D eigenvalue weighted by atomic mass is 10.0. The molecule has 2 aromatic heterocycles. The molecule has 0 amide bonds. The summed E-state index contributed by atoms with van der Waals surface area (Å²) in [4.78, 5) is 11.9. The van der Waals surface area contributed by atoms with Crippen LogP contribution in [0, 0.1) is 6.92 Å².